The maximum Gasteiger partial charge on any atom is 0.346 e. The summed E-state index contributed by atoms with van der Waals surface area (Å²) in [5, 5.41) is 14.5. The molecule has 0 amide bonds. The number of carboxylic acids is 1. The van der Waals surface area contributed by atoms with Gasteiger partial charge in [-0.05, 0) is 6.92 Å². The molecule has 0 fully saturated rings. The van der Waals surface area contributed by atoms with Crippen LogP contribution in [0.4, 0.5) is 0 Å². The number of aromatic carboxylic acids is 1. The van der Waals surface area contributed by atoms with Crippen LogP contribution >= 0.6 is 11.3 Å². The van der Waals surface area contributed by atoms with E-state index < -0.39 is 5.97 Å². The minimum atomic E-state index is -0.941. The molecule has 16 heavy (non-hydrogen) atoms. The molecule has 1 N–H and O–H groups in total. The van der Waals surface area contributed by atoms with Crippen LogP contribution in [0.3, 0.4) is 0 Å². The first-order valence-corrected chi connectivity index (χ1v) is 5.59. The molecule has 0 atom stereocenters. The summed E-state index contributed by atoms with van der Waals surface area (Å²) in [5.74, 6) is 0.193. The van der Waals surface area contributed by atoms with Crippen LogP contribution in [0.1, 0.15) is 16.6 Å². The topological polar surface area (TPSA) is 64.3 Å². The van der Waals surface area contributed by atoms with E-state index in [4.69, 9.17) is 9.84 Å². The summed E-state index contributed by atoms with van der Waals surface area (Å²) in [4.78, 5) is 10.9. The number of hydrogen-bond acceptors (Lipinski definition) is 4. The van der Waals surface area contributed by atoms with Crippen molar-refractivity contribution in [2.45, 2.75) is 13.5 Å². The standard InChI is InChI=1S/C10H10N2O3S/c1-2-12-5-8(4-11-12)15-7-3-9(10(13)14)16-6-7/h3-6H,2H2,1H3,(H,13,14). The number of carboxylic acid groups (broad SMARTS) is 1. The lowest BCUT2D eigenvalue weighted by atomic mass is 10.4. The van der Waals surface area contributed by atoms with Crippen molar-refractivity contribution in [3.8, 4) is 11.5 Å². The molecule has 2 rings (SSSR count). The summed E-state index contributed by atoms with van der Waals surface area (Å²) in [6.45, 7) is 2.75. The third-order valence-corrected chi connectivity index (χ3v) is 2.85. The molecule has 5 nitrogen and oxygen atoms in total. The summed E-state index contributed by atoms with van der Waals surface area (Å²) >= 11 is 1.14. The minimum Gasteiger partial charge on any atom is -0.477 e. The lowest BCUT2D eigenvalue weighted by Gasteiger charge is -1.97. The van der Waals surface area contributed by atoms with Crippen molar-refractivity contribution in [2.75, 3.05) is 0 Å². The minimum absolute atomic E-state index is 0.262. The van der Waals surface area contributed by atoms with Gasteiger partial charge in [-0.3, -0.25) is 4.68 Å². The third-order valence-electron chi connectivity index (χ3n) is 1.96. The summed E-state index contributed by atoms with van der Waals surface area (Å²) in [5.41, 5.74) is 0. The molecular formula is C10H10N2O3S. The van der Waals surface area contributed by atoms with Crippen molar-refractivity contribution in [1.82, 2.24) is 9.78 Å². The monoisotopic (exact) mass is 238 g/mol. The smallest absolute Gasteiger partial charge is 0.346 e. The molecule has 2 aromatic heterocycles. The fraction of sp³-hybridized carbons (Fsp3) is 0.200. The number of ether oxygens (including phenoxy) is 1. The number of aromatic nitrogens is 2. The van der Waals surface area contributed by atoms with Gasteiger partial charge in [0, 0.05) is 18.0 Å². The number of aryl methyl sites for hydroxylation is 1. The van der Waals surface area contributed by atoms with Gasteiger partial charge >= 0.3 is 5.97 Å². The number of hydrogen-bond donors (Lipinski definition) is 1. The Balaban J connectivity index is 2.11. The van der Waals surface area contributed by atoms with E-state index in [-0.39, 0.29) is 4.88 Å². The van der Waals surface area contributed by atoms with E-state index in [2.05, 4.69) is 5.10 Å². The highest BCUT2D eigenvalue weighted by atomic mass is 32.1. The van der Waals surface area contributed by atoms with Crippen molar-refractivity contribution in [3.63, 3.8) is 0 Å². The van der Waals surface area contributed by atoms with Crippen LogP contribution in [-0.4, -0.2) is 20.9 Å². The molecule has 6 heteroatoms. The Kier molecular flexibility index (Phi) is 2.91. The Morgan fingerprint density at radius 2 is 2.44 bits per heavy atom. The van der Waals surface area contributed by atoms with E-state index in [1.807, 2.05) is 6.92 Å². The highest BCUT2D eigenvalue weighted by Gasteiger charge is 2.08. The Bertz CT molecular complexity index is 504. The normalized spacial score (nSPS) is 10.3. The van der Waals surface area contributed by atoms with E-state index in [9.17, 15) is 4.79 Å². The van der Waals surface area contributed by atoms with Crippen LogP contribution < -0.4 is 4.74 Å². The van der Waals surface area contributed by atoms with Crippen molar-refractivity contribution < 1.29 is 14.6 Å². The molecule has 0 spiro atoms. The van der Waals surface area contributed by atoms with Gasteiger partial charge in [0.15, 0.2) is 5.75 Å². The van der Waals surface area contributed by atoms with Gasteiger partial charge in [0.25, 0.3) is 0 Å². The Morgan fingerprint density at radius 1 is 1.62 bits per heavy atom. The first-order valence-electron chi connectivity index (χ1n) is 4.71. The van der Waals surface area contributed by atoms with E-state index >= 15 is 0 Å². The third kappa shape index (κ3) is 2.22. The fourth-order valence-corrected chi connectivity index (χ4v) is 1.84. The molecule has 0 unspecified atom stereocenters. The van der Waals surface area contributed by atoms with Gasteiger partial charge in [0.2, 0.25) is 0 Å². The molecule has 0 aliphatic rings. The molecule has 84 valence electrons. The first-order chi connectivity index (χ1) is 7.69. The van der Waals surface area contributed by atoms with Gasteiger partial charge in [0.05, 0.1) is 12.4 Å². The van der Waals surface area contributed by atoms with Gasteiger partial charge in [-0.1, -0.05) is 0 Å². The first kappa shape index (κ1) is 10.7. The molecule has 0 saturated heterocycles. The van der Waals surface area contributed by atoms with Crippen molar-refractivity contribution >= 4 is 17.3 Å². The highest BCUT2D eigenvalue weighted by molar-refractivity contribution is 7.12. The van der Waals surface area contributed by atoms with Crippen molar-refractivity contribution in [3.05, 3.63) is 28.7 Å². The molecule has 2 heterocycles. The highest BCUT2D eigenvalue weighted by Crippen LogP contribution is 2.26. The second-order valence-electron chi connectivity index (χ2n) is 3.09. The summed E-state index contributed by atoms with van der Waals surface area (Å²) < 4.78 is 7.19. The van der Waals surface area contributed by atoms with Crippen LogP contribution in [-0.2, 0) is 6.54 Å². The molecular weight excluding hydrogens is 228 g/mol. The SMILES string of the molecule is CCn1cc(Oc2csc(C(=O)O)c2)cn1. The molecule has 0 radical (unpaired) electrons. The second kappa shape index (κ2) is 4.36. The lowest BCUT2D eigenvalue weighted by molar-refractivity contribution is 0.0702. The number of rotatable bonds is 4. The lowest BCUT2D eigenvalue weighted by Crippen LogP contribution is -1.92. The van der Waals surface area contributed by atoms with Crippen LogP contribution in [0.5, 0.6) is 11.5 Å². The number of thiophene rings is 1. The zero-order valence-electron chi connectivity index (χ0n) is 8.58. The Hall–Kier alpha value is -1.82. The zero-order chi connectivity index (χ0) is 11.5. The molecule has 2 aromatic rings. The maximum atomic E-state index is 10.7. The molecule has 0 aromatic carbocycles. The van der Waals surface area contributed by atoms with Crippen LogP contribution in [0.2, 0.25) is 0 Å². The van der Waals surface area contributed by atoms with E-state index in [0.29, 0.717) is 11.5 Å². The average Bonchev–Trinajstić information content (AvgIpc) is 2.87. The van der Waals surface area contributed by atoms with Gasteiger partial charge in [0.1, 0.15) is 10.6 Å². The van der Waals surface area contributed by atoms with Gasteiger partial charge in [-0.15, -0.1) is 11.3 Å². The molecule has 0 aliphatic carbocycles. The number of nitrogens with zero attached hydrogens (tertiary/aromatic N) is 2. The predicted octanol–water partition coefficient (Wildman–Crippen LogP) is 2.46. The average molecular weight is 238 g/mol. The van der Waals surface area contributed by atoms with Gasteiger partial charge in [-0.2, -0.15) is 5.10 Å². The zero-order valence-corrected chi connectivity index (χ0v) is 9.40. The van der Waals surface area contributed by atoms with Crippen LogP contribution in [0, 0.1) is 0 Å². The van der Waals surface area contributed by atoms with Crippen LogP contribution in [0.15, 0.2) is 23.8 Å². The Labute approximate surface area is 95.9 Å². The van der Waals surface area contributed by atoms with Gasteiger partial charge < -0.3 is 9.84 Å². The maximum absolute atomic E-state index is 10.7. The quantitative estimate of drug-likeness (QED) is 0.888. The van der Waals surface area contributed by atoms with E-state index in [1.165, 1.54) is 6.07 Å². The summed E-state index contributed by atoms with van der Waals surface area (Å²) in [6, 6.07) is 1.50. The van der Waals surface area contributed by atoms with Crippen molar-refractivity contribution in [2.24, 2.45) is 0 Å². The Morgan fingerprint density at radius 3 is 3.00 bits per heavy atom. The van der Waals surface area contributed by atoms with Crippen LogP contribution in [0.25, 0.3) is 0 Å². The predicted molar refractivity (Wildman–Crippen MR) is 59.3 cm³/mol. The second-order valence-corrected chi connectivity index (χ2v) is 4.00. The van der Waals surface area contributed by atoms with E-state index in [1.54, 1.807) is 22.5 Å². The fourth-order valence-electron chi connectivity index (χ4n) is 1.19. The van der Waals surface area contributed by atoms with Crippen molar-refractivity contribution in [1.29, 1.82) is 0 Å². The largest absolute Gasteiger partial charge is 0.477 e. The van der Waals surface area contributed by atoms with Gasteiger partial charge in [-0.25, -0.2) is 4.79 Å². The molecule has 0 aliphatic heterocycles. The molecule has 0 bridgehead atoms. The number of carbonyl (C=O) groups is 1. The van der Waals surface area contributed by atoms with E-state index in [0.717, 1.165) is 17.9 Å². The molecule has 0 saturated carbocycles. The summed E-state index contributed by atoms with van der Waals surface area (Å²) in [6.07, 6.45) is 3.36. The summed E-state index contributed by atoms with van der Waals surface area (Å²) in [7, 11) is 0.